The second-order valence-corrected chi connectivity index (χ2v) is 6.56. The molecule has 1 aromatic carbocycles. The highest BCUT2D eigenvalue weighted by Gasteiger charge is 2.24. The second kappa shape index (κ2) is 9.01. The normalized spacial score (nSPS) is 19.5. The molecule has 2 N–H and O–H groups in total. The van der Waals surface area contributed by atoms with Crippen molar-refractivity contribution in [3.8, 4) is 0 Å². The van der Waals surface area contributed by atoms with Gasteiger partial charge >= 0.3 is 0 Å². The predicted molar refractivity (Wildman–Crippen MR) is 99.7 cm³/mol. The summed E-state index contributed by atoms with van der Waals surface area (Å²) in [5, 5.41) is 17.6. The molecule has 0 spiro atoms. The zero-order valence-electron chi connectivity index (χ0n) is 14.2. The van der Waals surface area contributed by atoms with E-state index in [0.29, 0.717) is 23.7 Å². The number of hydrogen-bond acceptors (Lipinski definition) is 5. The molecule has 0 bridgehead atoms. The number of nitro benzene ring substituents is 1. The van der Waals surface area contributed by atoms with Gasteiger partial charge in [0.2, 0.25) is 0 Å². The van der Waals surface area contributed by atoms with Crippen LogP contribution in [0.1, 0.15) is 36.0 Å². The van der Waals surface area contributed by atoms with Crippen molar-refractivity contribution >= 4 is 29.7 Å². The quantitative estimate of drug-likeness (QED) is 0.594. The van der Waals surface area contributed by atoms with E-state index in [0.717, 1.165) is 51.9 Å². The van der Waals surface area contributed by atoms with Gasteiger partial charge in [-0.05, 0) is 56.8 Å². The van der Waals surface area contributed by atoms with E-state index in [1.165, 1.54) is 6.07 Å². The zero-order chi connectivity index (χ0) is 16.9. The van der Waals surface area contributed by atoms with Crippen molar-refractivity contribution in [2.24, 2.45) is 5.92 Å². The Labute approximate surface area is 153 Å². The van der Waals surface area contributed by atoms with E-state index < -0.39 is 4.92 Å². The van der Waals surface area contributed by atoms with Crippen LogP contribution < -0.4 is 15.5 Å². The van der Waals surface area contributed by atoms with Crippen LogP contribution in [0.15, 0.2) is 18.2 Å². The number of rotatable bonds is 6. The molecule has 3 rings (SSSR count). The summed E-state index contributed by atoms with van der Waals surface area (Å²) >= 11 is 0. The number of hydrogen-bond donors (Lipinski definition) is 2. The number of carbonyl (C=O) groups is 1. The van der Waals surface area contributed by atoms with Gasteiger partial charge in [0.15, 0.2) is 0 Å². The van der Waals surface area contributed by atoms with Crippen LogP contribution in [0, 0.1) is 16.0 Å². The molecule has 2 aliphatic rings. The Bertz CT molecular complexity index is 614. The zero-order valence-corrected chi connectivity index (χ0v) is 15.0. The number of amides is 1. The summed E-state index contributed by atoms with van der Waals surface area (Å²) in [6.07, 6.45) is 4.18. The van der Waals surface area contributed by atoms with Gasteiger partial charge in [-0.25, -0.2) is 0 Å². The van der Waals surface area contributed by atoms with Gasteiger partial charge in [-0.2, -0.15) is 0 Å². The third-order valence-corrected chi connectivity index (χ3v) is 4.88. The Kier molecular flexibility index (Phi) is 7.01. The van der Waals surface area contributed by atoms with Crippen molar-refractivity contribution in [2.75, 3.05) is 37.6 Å². The molecule has 0 radical (unpaired) electrons. The van der Waals surface area contributed by atoms with Crippen LogP contribution in [0.25, 0.3) is 0 Å². The Morgan fingerprint density at radius 2 is 2.12 bits per heavy atom. The summed E-state index contributed by atoms with van der Waals surface area (Å²) in [6, 6.07) is 4.80. The SMILES string of the molecule is Cl.O=C(NCCC1CCNC1)c1ccc(N2CCCC2)c([N+](=O)[O-])c1. The van der Waals surface area contributed by atoms with E-state index in [4.69, 9.17) is 0 Å². The van der Waals surface area contributed by atoms with Gasteiger partial charge in [-0.1, -0.05) is 0 Å². The molecule has 0 aliphatic carbocycles. The molecule has 8 heteroatoms. The highest BCUT2D eigenvalue weighted by atomic mass is 35.5. The van der Waals surface area contributed by atoms with Crippen LogP contribution >= 0.6 is 12.4 Å². The van der Waals surface area contributed by atoms with Crippen LogP contribution in [0.2, 0.25) is 0 Å². The standard InChI is InChI=1S/C17H24N4O3.ClH/c22-17(19-8-6-13-5-7-18-12-13)14-3-4-15(16(11-14)21(23)24)20-9-1-2-10-20;/h3-4,11,13,18H,1-2,5-10,12H2,(H,19,22);1H. The Hall–Kier alpha value is -1.86. The van der Waals surface area contributed by atoms with Crippen molar-refractivity contribution in [1.82, 2.24) is 10.6 Å². The largest absolute Gasteiger partial charge is 0.366 e. The summed E-state index contributed by atoms with van der Waals surface area (Å²) in [5.41, 5.74) is 0.991. The molecule has 138 valence electrons. The van der Waals surface area contributed by atoms with Crippen LogP contribution in [0.3, 0.4) is 0 Å². The topological polar surface area (TPSA) is 87.5 Å². The fourth-order valence-corrected chi connectivity index (χ4v) is 3.49. The van der Waals surface area contributed by atoms with Gasteiger partial charge < -0.3 is 15.5 Å². The van der Waals surface area contributed by atoms with Crippen LogP contribution in [0.4, 0.5) is 11.4 Å². The maximum absolute atomic E-state index is 12.3. The maximum Gasteiger partial charge on any atom is 0.293 e. The minimum Gasteiger partial charge on any atom is -0.366 e. The lowest BCUT2D eigenvalue weighted by Crippen LogP contribution is -2.26. The molecule has 1 amide bonds. The lowest BCUT2D eigenvalue weighted by Gasteiger charge is -2.18. The van der Waals surface area contributed by atoms with Crippen molar-refractivity contribution in [2.45, 2.75) is 25.7 Å². The maximum atomic E-state index is 12.3. The summed E-state index contributed by atoms with van der Waals surface area (Å²) in [7, 11) is 0. The third kappa shape index (κ3) is 4.83. The molecule has 7 nitrogen and oxygen atoms in total. The molecule has 2 aliphatic heterocycles. The molecule has 1 aromatic rings. The fraction of sp³-hybridized carbons (Fsp3) is 0.588. The average molecular weight is 369 g/mol. The van der Waals surface area contributed by atoms with Gasteiger partial charge in [0.05, 0.1) is 4.92 Å². The first-order valence-electron chi connectivity index (χ1n) is 8.67. The van der Waals surface area contributed by atoms with Gasteiger partial charge in [0.1, 0.15) is 5.69 Å². The number of nitro groups is 1. The average Bonchev–Trinajstić information content (AvgIpc) is 3.28. The van der Waals surface area contributed by atoms with Gasteiger partial charge in [-0.3, -0.25) is 14.9 Å². The smallest absolute Gasteiger partial charge is 0.293 e. The van der Waals surface area contributed by atoms with Crippen LogP contribution in [-0.4, -0.2) is 43.6 Å². The Morgan fingerprint density at radius 3 is 2.76 bits per heavy atom. The number of nitrogens with zero attached hydrogens (tertiary/aromatic N) is 2. The number of halogens is 1. The van der Waals surface area contributed by atoms with E-state index in [9.17, 15) is 14.9 Å². The van der Waals surface area contributed by atoms with Crippen LogP contribution in [0.5, 0.6) is 0 Å². The fourth-order valence-electron chi connectivity index (χ4n) is 3.49. The first-order valence-corrected chi connectivity index (χ1v) is 8.67. The molecular weight excluding hydrogens is 344 g/mol. The molecule has 1 unspecified atom stereocenters. The van der Waals surface area contributed by atoms with E-state index in [1.54, 1.807) is 12.1 Å². The van der Waals surface area contributed by atoms with E-state index >= 15 is 0 Å². The summed E-state index contributed by atoms with van der Waals surface area (Å²) in [6.45, 7) is 4.32. The third-order valence-electron chi connectivity index (χ3n) is 4.88. The molecule has 0 saturated carbocycles. The molecule has 2 heterocycles. The summed E-state index contributed by atoms with van der Waals surface area (Å²) in [4.78, 5) is 25.3. The highest BCUT2D eigenvalue weighted by Crippen LogP contribution is 2.31. The van der Waals surface area contributed by atoms with Gasteiger partial charge in [-0.15, -0.1) is 12.4 Å². The lowest BCUT2D eigenvalue weighted by molar-refractivity contribution is -0.384. The first-order chi connectivity index (χ1) is 11.6. The van der Waals surface area contributed by atoms with Crippen molar-refractivity contribution in [3.05, 3.63) is 33.9 Å². The molecule has 2 saturated heterocycles. The summed E-state index contributed by atoms with van der Waals surface area (Å²) in [5.74, 6) is 0.370. The minimum atomic E-state index is -0.394. The van der Waals surface area contributed by atoms with Gasteiger partial charge in [0.25, 0.3) is 11.6 Å². The number of anilines is 1. The van der Waals surface area contributed by atoms with Gasteiger partial charge in [0, 0.05) is 31.3 Å². The summed E-state index contributed by atoms with van der Waals surface area (Å²) < 4.78 is 0. The van der Waals surface area contributed by atoms with Crippen LogP contribution in [-0.2, 0) is 0 Å². The molecule has 1 atom stereocenters. The predicted octanol–water partition coefficient (Wildman–Crippen LogP) is 2.35. The number of benzene rings is 1. The highest BCUT2D eigenvalue weighted by molar-refractivity contribution is 5.95. The molecule has 2 fully saturated rings. The van der Waals surface area contributed by atoms with E-state index in [2.05, 4.69) is 10.6 Å². The molecular formula is C17H25ClN4O3. The van der Waals surface area contributed by atoms with Crippen molar-refractivity contribution < 1.29 is 9.72 Å². The number of carbonyl (C=O) groups excluding carboxylic acids is 1. The monoisotopic (exact) mass is 368 g/mol. The Morgan fingerprint density at radius 1 is 1.36 bits per heavy atom. The molecule has 25 heavy (non-hydrogen) atoms. The minimum absolute atomic E-state index is 0. The van der Waals surface area contributed by atoms with Crippen molar-refractivity contribution in [1.29, 1.82) is 0 Å². The lowest BCUT2D eigenvalue weighted by atomic mass is 10.1. The van der Waals surface area contributed by atoms with E-state index in [1.807, 2.05) is 4.90 Å². The Balaban J connectivity index is 0.00000225. The van der Waals surface area contributed by atoms with E-state index in [-0.39, 0.29) is 24.0 Å². The number of nitrogens with one attached hydrogen (secondary N) is 2. The first kappa shape index (κ1) is 19.5. The second-order valence-electron chi connectivity index (χ2n) is 6.56. The molecule has 0 aromatic heterocycles. The van der Waals surface area contributed by atoms with Crippen molar-refractivity contribution in [3.63, 3.8) is 0 Å².